The Morgan fingerprint density at radius 3 is 3.17 bits per heavy atom. The molecule has 0 aliphatic carbocycles. The lowest BCUT2D eigenvalue weighted by atomic mass is 10.4. The van der Waals surface area contributed by atoms with Gasteiger partial charge in [-0.3, -0.25) is 9.20 Å². The first kappa shape index (κ1) is 10.9. The molecule has 7 nitrogen and oxygen atoms in total. The molecule has 2 N–H and O–H groups in total. The predicted octanol–water partition coefficient (Wildman–Crippen LogP) is 0.795. The molecule has 0 bridgehead atoms. The molecular formula is C10H10N6OS. The zero-order valence-corrected chi connectivity index (χ0v) is 10.4. The van der Waals surface area contributed by atoms with Crippen LogP contribution in [0.4, 0.5) is 5.82 Å². The lowest BCUT2D eigenvalue weighted by Gasteiger charge is -2.04. The van der Waals surface area contributed by atoms with E-state index in [4.69, 9.17) is 0 Å². The maximum atomic E-state index is 11.0. The molecule has 0 atom stereocenters. The van der Waals surface area contributed by atoms with Crippen LogP contribution < -0.4 is 10.2 Å². The smallest absolute Gasteiger partial charge is 0.304 e. The van der Waals surface area contributed by atoms with Crippen LogP contribution in [0.2, 0.25) is 0 Å². The molecule has 3 aromatic heterocycles. The van der Waals surface area contributed by atoms with Gasteiger partial charge >= 0.3 is 4.87 Å². The van der Waals surface area contributed by atoms with E-state index in [0.29, 0.717) is 18.0 Å². The van der Waals surface area contributed by atoms with Crippen LogP contribution in [0, 0.1) is 6.92 Å². The van der Waals surface area contributed by atoms with Crippen molar-refractivity contribution in [1.29, 1.82) is 0 Å². The third-order valence-corrected chi connectivity index (χ3v) is 3.23. The molecule has 3 heterocycles. The fourth-order valence-corrected chi connectivity index (χ4v) is 2.23. The highest BCUT2D eigenvalue weighted by Gasteiger charge is 2.07. The van der Waals surface area contributed by atoms with Crippen molar-refractivity contribution in [2.45, 2.75) is 13.5 Å². The van der Waals surface area contributed by atoms with E-state index in [2.05, 4.69) is 25.5 Å². The van der Waals surface area contributed by atoms with Gasteiger partial charge in [0.25, 0.3) is 0 Å². The number of fused-ring (bicyclic) bond motifs is 1. The van der Waals surface area contributed by atoms with Crippen LogP contribution in [-0.4, -0.2) is 24.6 Å². The second-order valence-corrected chi connectivity index (χ2v) is 4.59. The quantitative estimate of drug-likeness (QED) is 0.728. The SMILES string of the molecule is Cc1nnc2c(NCc3csc(=O)[nH]3)nccn12. The Hall–Kier alpha value is -2.22. The van der Waals surface area contributed by atoms with E-state index in [1.54, 1.807) is 11.6 Å². The van der Waals surface area contributed by atoms with Crippen molar-refractivity contribution < 1.29 is 0 Å². The molecule has 0 saturated heterocycles. The first-order chi connectivity index (χ1) is 8.74. The van der Waals surface area contributed by atoms with Crippen molar-refractivity contribution in [3.05, 3.63) is 39.0 Å². The number of nitrogens with one attached hydrogen (secondary N) is 2. The molecule has 0 aliphatic heterocycles. The Morgan fingerprint density at radius 2 is 2.39 bits per heavy atom. The fraction of sp³-hybridized carbons (Fsp3) is 0.200. The molecule has 0 aromatic carbocycles. The largest absolute Gasteiger partial charge is 0.361 e. The van der Waals surface area contributed by atoms with Crippen LogP contribution in [0.1, 0.15) is 11.5 Å². The lowest BCUT2D eigenvalue weighted by molar-refractivity contribution is 0.997. The summed E-state index contributed by atoms with van der Waals surface area (Å²) in [7, 11) is 0. The third kappa shape index (κ3) is 1.86. The standard InChI is InChI=1S/C10H10N6OS/c1-6-14-15-9-8(11-2-3-16(6)9)12-4-7-5-18-10(17)13-7/h2-3,5H,4H2,1H3,(H,11,12)(H,13,17). The van der Waals surface area contributed by atoms with Gasteiger partial charge in [0.2, 0.25) is 5.65 Å². The molecule has 3 rings (SSSR count). The van der Waals surface area contributed by atoms with Gasteiger partial charge in [0.05, 0.1) is 6.54 Å². The summed E-state index contributed by atoms with van der Waals surface area (Å²) < 4.78 is 1.85. The molecule has 0 radical (unpaired) electrons. The first-order valence-electron chi connectivity index (χ1n) is 5.31. The molecule has 8 heteroatoms. The number of aryl methyl sites for hydroxylation is 1. The predicted molar refractivity (Wildman–Crippen MR) is 67.8 cm³/mol. The zero-order chi connectivity index (χ0) is 12.5. The maximum Gasteiger partial charge on any atom is 0.304 e. The van der Waals surface area contributed by atoms with E-state index in [9.17, 15) is 4.79 Å². The molecule has 0 aliphatic rings. The van der Waals surface area contributed by atoms with Crippen LogP contribution >= 0.6 is 11.3 Å². The first-order valence-corrected chi connectivity index (χ1v) is 6.19. The number of aromatic nitrogens is 5. The van der Waals surface area contributed by atoms with Crippen LogP contribution in [0.3, 0.4) is 0 Å². The van der Waals surface area contributed by atoms with Gasteiger partial charge in [-0.25, -0.2) is 4.98 Å². The monoisotopic (exact) mass is 262 g/mol. The van der Waals surface area contributed by atoms with E-state index in [1.807, 2.05) is 17.5 Å². The molecule has 0 saturated carbocycles. The van der Waals surface area contributed by atoms with Crippen molar-refractivity contribution in [2.75, 3.05) is 5.32 Å². The summed E-state index contributed by atoms with van der Waals surface area (Å²) in [6.07, 6.45) is 3.49. The van der Waals surface area contributed by atoms with Gasteiger partial charge < -0.3 is 10.3 Å². The van der Waals surface area contributed by atoms with E-state index >= 15 is 0 Å². The fourth-order valence-electron chi connectivity index (χ4n) is 1.65. The van der Waals surface area contributed by atoms with Crippen LogP contribution in [-0.2, 0) is 6.54 Å². The second-order valence-electron chi connectivity index (χ2n) is 3.74. The van der Waals surface area contributed by atoms with Crippen LogP contribution in [0.25, 0.3) is 5.65 Å². The van der Waals surface area contributed by atoms with Gasteiger partial charge in [0.15, 0.2) is 5.82 Å². The summed E-state index contributed by atoms with van der Waals surface area (Å²) in [5.41, 5.74) is 1.50. The van der Waals surface area contributed by atoms with Gasteiger partial charge in [-0.05, 0) is 6.92 Å². The van der Waals surface area contributed by atoms with Gasteiger partial charge in [-0.15, -0.1) is 10.2 Å². The summed E-state index contributed by atoms with van der Waals surface area (Å²) in [4.78, 5) is 17.9. The molecule has 92 valence electrons. The molecule has 0 spiro atoms. The molecule has 3 aromatic rings. The minimum atomic E-state index is -0.0590. The Morgan fingerprint density at radius 1 is 1.50 bits per heavy atom. The highest BCUT2D eigenvalue weighted by atomic mass is 32.1. The van der Waals surface area contributed by atoms with Crippen molar-refractivity contribution in [3.8, 4) is 0 Å². The number of H-pyrrole nitrogens is 1. The Labute approximate surface area is 106 Å². The van der Waals surface area contributed by atoms with Gasteiger partial charge in [0.1, 0.15) is 5.82 Å². The number of nitrogens with zero attached hydrogens (tertiary/aromatic N) is 4. The Balaban J connectivity index is 1.88. The van der Waals surface area contributed by atoms with Crippen LogP contribution in [0.5, 0.6) is 0 Å². The average molecular weight is 262 g/mol. The van der Waals surface area contributed by atoms with E-state index < -0.39 is 0 Å². The van der Waals surface area contributed by atoms with E-state index in [1.165, 1.54) is 0 Å². The summed E-state index contributed by atoms with van der Waals surface area (Å²) >= 11 is 1.14. The summed E-state index contributed by atoms with van der Waals surface area (Å²) in [6, 6.07) is 0. The minimum Gasteiger partial charge on any atom is -0.361 e. The number of anilines is 1. The van der Waals surface area contributed by atoms with Gasteiger partial charge in [-0.2, -0.15) is 0 Å². The minimum absolute atomic E-state index is 0.0590. The number of thiazole rings is 1. The highest BCUT2D eigenvalue weighted by Crippen LogP contribution is 2.12. The molecule has 0 amide bonds. The Kier molecular flexibility index (Phi) is 2.56. The summed E-state index contributed by atoms with van der Waals surface area (Å²) in [6.45, 7) is 2.37. The van der Waals surface area contributed by atoms with Crippen molar-refractivity contribution in [1.82, 2.24) is 24.6 Å². The number of hydrogen-bond acceptors (Lipinski definition) is 6. The lowest BCUT2D eigenvalue weighted by Crippen LogP contribution is -2.05. The molecule has 0 fully saturated rings. The Bertz CT molecular complexity index is 742. The maximum absolute atomic E-state index is 11.0. The number of hydrogen-bond donors (Lipinski definition) is 2. The van der Waals surface area contributed by atoms with Gasteiger partial charge in [0, 0.05) is 23.5 Å². The highest BCUT2D eigenvalue weighted by molar-refractivity contribution is 7.07. The average Bonchev–Trinajstić information content (AvgIpc) is 2.94. The zero-order valence-electron chi connectivity index (χ0n) is 9.54. The van der Waals surface area contributed by atoms with Gasteiger partial charge in [-0.1, -0.05) is 11.3 Å². The van der Waals surface area contributed by atoms with E-state index in [-0.39, 0.29) is 4.87 Å². The van der Waals surface area contributed by atoms with E-state index in [0.717, 1.165) is 22.9 Å². The van der Waals surface area contributed by atoms with Crippen molar-refractivity contribution in [3.63, 3.8) is 0 Å². The number of rotatable bonds is 3. The molecule has 0 unspecified atom stereocenters. The van der Waals surface area contributed by atoms with Crippen molar-refractivity contribution >= 4 is 22.8 Å². The third-order valence-electron chi connectivity index (χ3n) is 2.51. The van der Waals surface area contributed by atoms with Crippen molar-refractivity contribution in [2.24, 2.45) is 0 Å². The normalized spacial score (nSPS) is 10.9. The molecular weight excluding hydrogens is 252 g/mol. The topological polar surface area (TPSA) is 88.0 Å². The van der Waals surface area contributed by atoms with Crippen LogP contribution in [0.15, 0.2) is 22.6 Å². The molecule has 18 heavy (non-hydrogen) atoms. The number of aromatic amines is 1. The second kappa shape index (κ2) is 4.22. The summed E-state index contributed by atoms with van der Waals surface area (Å²) in [5, 5.41) is 13.0. The summed E-state index contributed by atoms with van der Waals surface area (Å²) in [5.74, 6) is 1.45.